The molecule has 2 aromatic rings. The van der Waals surface area contributed by atoms with Gasteiger partial charge in [-0.25, -0.2) is 0 Å². The average molecular weight is 258 g/mol. The molecule has 0 unspecified atom stereocenters. The summed E-state index contributed by atoms with van der Waals surface area (Å²) in [5.74, 6) is 0.0709. The van der Waals surface area contributed by atoms with Gasteiger partial charge in [-0.05, 0) is 23.8 Å². The fourth-order valence-corrected chi connectivity index (χ4v) is 2.54. The molecule has 3 rings (SSSR count). The zero-order valence-corrected chi connectivity index (χ0v) is 10.7. The summed E-state index contributed by atoms with van der Waals surface area (Å²) in [5, 5.41) is 0.652. The lowest BCUT2D eigenvalue weighted by atomic mass is 9.99. The molecule has 3 heteroatoms. The van der Waals surface area contributed by atoms with Crippen molar-refractivity contribution >= 4 is 23.1 Å². The summed E-state index contributed by atoms with van der Waals surface area (Å²) in [6, 6.07) is 13.2. The highest BCUT2D eigenvalue weighted by Crippen LogP contribution is 2.31. The molecule has 90 valence electrons. The van der Waals surface area contributed by atoms with E-state index in [1.165, 1.54) is 0 Å². The molecule has 2 nitrogen and oxygen atoms in total. The SMILES string of the molecule is CN1Cc2ccccc2C(=O)c2ccc(Cl)cc21. The van der Waals surface area contributed by atoms with Crippen LogP contribution in [0.25, 0.3) is 0 Å². The number of benzene rings is 2. The highest BCUT2D eigenvalue weighted by atomic mass is 35.5. The zero-order valence-electron chi connectivity index (χ0n) is 9.98. The maximum atomic E-state index is 12.5. The van der Waals surface area contributed by atoms with E-state index in [2.05, 4.69) is 4.90 Å². The fourth-order valence-electron chi connectivity index (χ4n) is 2.38. The Kier molecular flexibility index (Phi) is 2.60. The second-order valence-electron chi connectivity index (χ2n) is 4.50. The summed E-state index contributed by atoms with van der Waals surface area (Å²) in [7, 11) is 1.98. The van der Waals surface area contributed by atoms with Crippen LogP contribution in [0.15, 0.2) is 42.5 Å². The molecule has 0 aliphatic carbocycles. The topological polar surface area (TPSA) is 20.3 Å². The molecule has 1 aliphatic heterocycles. The number of nitrogens with zero attached hydrogens (tertiary/aromatic N) is 1. The molecule has 0 radical (unpaired) electrons. The van der Waals surface area contributed by atoms with Crippen molar-refractivity contribution in [2.24, 2.45) is 0 Å². The zero-order chi connectivity index (χ0) is 12.7. The quantitative estimate of drug-likeness (QED) is 0.720. The van der Waals surface area contributed by atoms with Gasteiger partial charge in [0.2, 0.25) is 0 Å². The molecule has 1 aliphatic rings. The Bertz CT molecular complexity index is 636. The smallest absolute Gasteiger partial charge is 0.195 e. The van der Waals surface area contributed by atoms with E-state index in [0.717, 1.165) is 23.4 Å². The van der Waals surface area contributed by atoms with E-state index in [4.69, 9.17) is 11.6 Å². The van der Waals surface area contributed by atoms with Crippen LogP contribution in [0.3, 0.4) is 0 Å². The minimum absolute atomic E-state index is 0.0709. The second kappa shape index (κ2) is 4.14. The number of rotatable bonds is 0. The standard InChI is InChI=1S/C15H12ClNO/c1-17-9-10-4-2-3-5-12(10)15(18)13-7-6-11(16)8-14(13)17/h2-8H,9H2,1H3. The summed E-state index contributed by atoms with van der Waals surface area (Å²) in [4.78, 5) is 14.6. The minimum atomic E-state index is 0.0709. The van der Waals surface area contributed by atoms with Gasteiger partial charge in [-0.1, -0.05) is 35.9 Å². The second-order valence-corrected chi connectivity index (χ2v) is 4.94. The predicted octanol–water partition coefficient (Wildman–Crippen LogP) is 3.52. The van der Waals surface area contributed by atoms with Crippen molar-refractivity contribution in [2.45, 2.75) is 6.54 Å². The van der Waals surface area contributed by atoms with Crippen LogP contribution < -0.4 is 4.90 Å². The van der Waals surface area contributed by atoms with Crippen LogP contribution in [-0.4, -0.2) is 12.8 Å². The lowest BCUT2D eigenvalue weighted by Crippen LogP contribution is -2.16. The summed E-state index contributed by atoms with van der Waals surface area (Å²) in [6.45, 7) is 0.718. The molecule has 2 aromatic carbocycles. The van der Waals surface area contributed by atoms with Gasteiger partial charge in [0.15, 0.2) is 5.78 Å². The molecule has 18 heavy (non-hydrogen) atoms. The third-order valence-corrected chi connectivity index (χ3v) is 3.52. The van der Waals surface area contributed by atoms with Gasteiger partial charge in [0.25, 0.3) is 0 Å². The van der Waals surface area contributed by atoms with Crippen molar-refractivity contribution in [3.8, 4) is 0 Å². The van der Waals surface area contributed by atoms with Gasteiger partial charge in [0.05, 0.1) is 0 Å². The molecule has 0 atom stereocenters. The van der Waals surface area contributed by atoms with E-state index < -0.39 is 0 Å². The van der Waals surface area contributed by atoms with Crippen LogP contribution in [0.2, 0.25) is 5.02 Å². The maximum Gasteiger partial charge on any atom is 0.195 e. The normalized spacial score (nSPS) is 13.9. The first-order valence-corrected chi connectivity index (χ1v) is 6.18. The Hall–Kier alpha value is -1.80. The van der Waals surface area contributed by atoms with Crippen molar-refractivity contribution in [1.29, 1.82) is 0 Å². The van der Waals surface area contributed by atoms with Gasteiger partial charge in [0.1, 0.15) is 0 Å². The average Bonchev–Trinajstić information content (AvgIpc) is 2.47. The summed E-state index contributed by atoms with van der Waals surface area (Å²) >= 11 is 6.02. The predicted molar refractivity (Wildman–Crippen MR) is 73.4 cm³/mol. The Morgan fingerprint density at radius 2 is 1.89 bits per heavy atom. The van der Waals surface area contributed by atoms with Gasteiger partial charge in [-0.2, -0.15) is 0 Å². The largest absolute Gasteiger partial charge is 0.370 e. The Labute approximate surface area is 111 Å². The van der Waals surface area contributed by atoms with E-state index >= 15 is 0 Å². The van der Waals surface area contributed by atoms with E-state index in [0.29, 0.717) is 10.6 Å². The van der Waals surface area contributed by atoms with Crippen LogP contribution in [0, 0.1) is 0 Å². The van der Waals surface area contributed by atoms with Crippen LogP contribution in [-0.2, 0) is 6.54 Å². The van der Waals surface area contributed by atoms with Gasteiger partial charge in [0, 0.05) is 35.4 Å². The first-order chi connectivity index (χ1) is 8.66. The Morgan fingerprint density at radius 3 is 2.72 bits per heavy atom. The number of carbonyl (C=O) groups excluding carboxylic acids is 1. The first kappa shape index (κ1) is 11.3. The molecule has 0 saturated carbocycles. The minimum Gasteiger partial charge on any atom is -0.370 e. The van der Waals surface area contributed by atoms with Crippen LogP contribution in [0.5, 0.6) is 0 Å². The summed E-state index contributed by atoms with van der Waals surface area (Å²) in [6.07, 6.45) is 0. The monoisotopic (exact) mass is 257 g/mol. The first-order valence-electron chi connectivity index (χ1n) is 5.80. The van der Waals surface area contributed by atoms with Crippen molar-refractivity contribution < 1.29 is 4.79 Å². The maximum absolute atomic E-state index is 12.5. The number of ketones is 1. The van der Waals surface area contributed by atoms with Crippen molar-refractivity contribution in [2.75, 3.05) is 11.9 Å². The van der Waals surface area contributed by atoms with Crippen molar-refractivity contribution in [3.05, 3.63) is 64.2 Å². The molecule has 0 aromatic heterocycles. The third kappa shape index (κ3) is 1.70. The Balaban J connectivity index is 2.25. The van der Waals surface area contributed by atoms with Crippen LogP contribution in [0.1, 0.15) is 21.5 Å². The number of carbonyl (C=O) groups is 1. The molecule has 1 heterocycles. The lowest BCUT2D eigenvalue weighted by Gasteiger charge is -2.19. The van der Waals surface area contributed by atoms with E-state index in [9.17, 15) is 4.79 Å². The van der Waals surface area contributed by atoms with Gasteiger partial charge in [-0.15, -0.1) is 0 Å². The van der Waals surface area contributed by atoms with Crippen molar-refractivity contribution in [1.82, 2.24) is 0 Å². The molecule has 0 amide bonds. The highest BCUT2D eigenvalue weighted by molar-refractivity contribution is 6.31. The molecule has 0 spiro atoms. The highest BCUT2D eigenvalue weighted by Gasteiger charge is 2.23. The lowest BCUT2D eigenvalue weighted by molar-refractivity contribution is 0.103. The molecule has 0 N–H and O–H groups in total. The fraction of sp³-hybridized carbons (Fsp3) is 0.133. The number of anilines is 1. The molecule has 0 saturated heterocycles. The summed E-state index contributed by atoms with van der Waals surface area (Å²) in [5.41, 5.74) is 3.44. The number of halogens is 1. The van der Waals surface area contributed by atoms with Crippen LogP contribution >= 0.6 is 11.6 Å². The van der Waals surface area contributed by atoms with E-state index in [1.807, 2.05) is 37.4 Å². The number of hydrogen-bond acceptors (Lipinski definition) is 2. The van der Waals surface area contributed by atoms with Gasteiger partial charge < -0.3 is 4.90 Å². The molecular weight excluding hydrogens is 246 g/mol. The van der Waals surface area contributed by atoms with Gasteiger partial charge in [-0.3, -0.25) is 4.79 Å². The molecule has 0 bridgehead atoms. The summed E-state index contributed by atoms with van der Waals surface area (Å²) < 4.78 is 0. The van der Waals surface area contributed by atoms with E-state index in [-0.39, 0.29) is 5.78 Å². The van der Waals surface area contributed by atoms with Crippen LogP contribution in [0.4, 0.5) is 5.69 Å². The third-order valence-electron chi connectivity index (χ3n) is 3.29. The van der Waals surface area contributed by atoms with Gasteiger partial charge >= 0.3 is 0 Å². The Morgan fingerprint density at radius 1 is 1.11 bits per heavy atom. The number of hydrogen-bond donors (Lipinski definition) is 0. The molecular formula is C15H12ClNO. The van der Waals surface area contributed by atoms with Crippen molar-refractivity contribution in [3.63, 3.8) is 0 Å². The molecule has 0 fully saturated rings. The number of fused-ring (bicyclic) bond motifs is 2. The van der Waals surface area contributed by atoms with E-state index in [1.54, 1.807) is 12.1 Å².